The fourth-order valence-electron chi connectivity index (χ4n) is 4.06. The number of nitrogens with zero attached hydrogens (tertiary/aromatic N) is 1. The maximum atomic E-state index is 10.4. The third kappa shape index (κ3) is 4.97. The second kappa shape index (κ2) is 10.1. The fourth-order valence-corrected chi connectivity index (χ4v) is 4.06. The molecule has 178 valence electrons. The van der Waals surface area contributed by atoms with Gasteiger partial charge in [-0.1, -0.05) is 12.1 Å². The van der Waals surface area contributed by atoms with Gasteiger partial charge in [-0.2, -0.15) is 5.10 Å². The highest BCUT2D eigenvalue weighted by atomic mass is 16.7. The van der Waals surface area contributed by atoms with Crippen LogP contribution in [-0.4, -0.2) is 74.5 Å². The quantitative estimate of drug-likeness (QED) is 0.340. The minimum Gasteiger partial charge on any atom is -0.494 e. The van der Waals surface area contributed by atoms with Crippen LogP contribution in [-0.2, 0) is 17.6 Å². The van der Waals surface area contributed by atoms with E-state index in [4.69, 9.17) is 14.2 Å². The van der Waals surface area contributed by atoms with Crippen molar-refractivity contribution < 1.29 is 34.6 Å². The average Bonchev–Trinajstić information content (AvgIpc) is 3.22. The van der Waals surface area contributed by atoms with E-state index in [0.717, 1.165) is 34.4 Å². The smallest absolute Gasteiger partial charge is 0.229 e. The van der Waals surface area contributed by atoms with E-state index in [1.54, 1.807) is 6.07 Å². The van der Waals surface area contributed by atoms with Crippen molar-refractivity contribution in [2.45, 2.75) is 57.4 Å². The topological polar surface area (TPSA) is 137 Å². The molecule has 0 amide bonds. The van der Waals surface area contributed by atoms with E-state index >= 15 is 0 Å². The van der Waals surface area contributed by atoms with Crippen molar-refractivity contribution in [3.8, 4) is 11.5 Å². The number of aliphatic hydroxyl groups is 4. The summed E-state index contributed by atoms with van der Waals surface area (Å²) >= 11 is 0. The van der Waals surface area contributed by atoms with E-state index in [0.29, 0.717) is 24.3 Å². The lowest BCUT2D eigenvalue weighted by Crippen LogP contribution is -2.60. The zero-order valence-electron chi connectivity index (χ0n) is 18.6. The molecular formula is C24H30N2O7. The van der Waals surface area contributed by atoms with Gasteiger partial charge in [0.1, 0.15) is 35.9 Å². The van der Waals surface area contributed by atoms with Crippen molar-refractivity contribution in [2.75, 3.05) is 13.2 Å². The van der Waals surface area contributed by atoms with E-state index in [2.05, 4.69) is 10.2 Å². The Hall–Kier alpha value is -2.69. The van der Waals surface area contributed by atoms with Crippen LogP contribution in [0.3, 0.4) is 0 Å². The van der Waals surface area contributed by atoms with Crippen LogP contribution >= 0.6 is 0 Å². The average molecular weight is 459 g/mol. The number of rotatable bonds is 8. The Morgan fingerprint density at radius 1 is 1.03 bits per heavy atom. The zero-order valence-corrected chi connectivity index (χ0v) is 18.6. The SMILES string of the molecule is CCOc1ccc(CCc2[nH]nc3cc(C)cc(O[C@@H]4O[C@H](CO)[C@@H](O)[C@H](O)[C@H]4O)c23)cc1. The van der Waals surface area contributed by atoms with E-state index in [-0.39, 0.29) is 0 Å². The highest BCUT2D eigenvalue weighted by Gasteiger charge is 2.44. The third-order valence-electron chi connectivity index (χ3n) is 5.83. The molecule has 1 fully saturated rings. The predicted octanol–water partition coefficient (Wildman–Crippen LogP) is 1.23. The number of benzene rings is 2. The Balaban J connectivity index is 1.56. The summed E-state index contributed by atoms with van der Waals surface area (Å²) in [6.07, 6.45) is -5.32. The van der Waals surface area contributed by atoms with Crippen molar-refractivity contribution in [3.63, 3.8) is 0 Å². The van der Waals surface area contributed by atoms with Gasteiger partial charge in [0.05, 0.1) is 24.1 Å². The van der Waals surface area contributed by atoms with Crippen molar-refractivity contribution in [1.29, 1.82) is 0 Å². The van der Waals surface area contributed by atoms with Crippen LogP contribution in [0, 0.1) is 6.92 Å². The molecule has 1 aromatic heterocycles. The Labute approximate surface area is 191 Å². The van der Waals surface area contributed by atoms with Crippen LogP contribution in [0.25, 0.3) is 10.9 Å². The number of aryl methyl sites for hydroxylation is 3. The summed E-state index contributed by atoms with van der Waals surface area (Å²) < 4.78 is 17.0. The lowest BCUT2D eigenvalue weighted by molar-refractivity contribution is -0.277. The van der Waals surface area contributed by atoms with Crippen molar-refractivity contribution in [1.82, 2.24) is 10.2 Å². The lowest BCUT2D eigenvalue weighted by Gasteiger charge is -2.39. The van der Waals surface area contributed by atoms with Crippen molar-refractivity contribution >= 4 is 10.9 Å². The van der Waals surface area contributed by atoms with Gasteiger partial charge in [0.25, 0.3) is 0 Å². The molecule has 0 aliphatic carbocycles. The molecule has 0 bridgehead atoms. The van der Waals surface area contributed by atoms with Crippen LogP contribution in [0.2, 0.25) is 0 Å². The number of fused-ring (bicyclic) bond motifs is 1. The van der Waals surface area contributed by atoms with Crippen LogP contribution < -0.4 is 9.47 Å². The molecule has 5 atom stereocenters. The molecule has 3 aromatic rings. The summed E-state index contributed by atoms with van der Waals surface area (Å²) in [6, 6.07) is 11.7. The summed E-state index contributed by atoms with van der Waals surface area (Å²) in [5.41, 5.74) is 3.60. The normalized spacial score (nSPS) is 25.3. The van der Waals surface area contributed by atoms with Crippen LogP contribution in [0.1, 0.15) is 23.7 Å². The van der Waals surface area contributed by atoms with E-state index in [9.17, 15) is 20.4 Å². The summed E-state index contributed by atoms with van der Waals surface area (Å²) in [5, 5.41) is 48.2. The lowest BCUT2D eigenvalue weighted by atomic mass is 9.99. The van der Waals surface area contributed by atoms with Crippen LogP contribution in [0.15, 0.2) is 36.4 Å². The minimum atomic E-state index is -1.51. The summed E-state index contributed by atoms with van der Waals surface area (Å²) in [4.78, 5) is 0. The second-order valence-electron chi connectivity index (χ2n) is 8.25. The highest BCUT2D eigenvalue weighted by molar-refractivity contribution is 5.88. The number of H-pyrrole nitrogens is 1. The van der Waals surface area contributed by atoms with Crippen LogP contribution in [0.5, 0.6) is 11.5 Å². The monoisotopic (exact) mass is 458 g/mol. The van der Waals surface area contributed by atoms with E-state index in [1.807, 2.05) is 44.2 Å². The predicted molar refractivity (Wildman–Crippen MR) is 120 cm³/mol. The molecule has 9 nitrogen and oxygen atoms in total. The Morgan fingerprint density at radius 3 is 2.48 bits per heavy atom. The summed E-state index contributed by atoms with van der Waals surface area (Å²) in [5.74, 6) is 1.27. The van der Waals surface area contributed by atoms with Gasteiger partial charge < -0.3 is 34.6 Å². The van der Waals surface area contributed by atoms with Crippen molar-refractivity contribution in [3.05, 3.63) is 53.2 Å². The molecule has 1 saturated heterocycles. The molecule has 0 saturated carbocycles. The fraction of sp³-hybridized carbons (Fsp3) is 0.458. The van der Waals surface area contributed by atoms with Crippen molar-refractivity contribution in [2.24, 2.45) is 0 Å². The first-order valence-electron chi connectivity index (χ1n) is 11.1. The third-order valence-corrected chi connectivity index (χ3v) is 5.83. The van der Waals surface area contributed by atoms with Crippen LogP contribution in [0.4, 0.5) is 0 Å². The number of ether oxygens (including phenoxy) is 3. The first kappa shape index (κ1) is 23.5. The largest absolute Gasteiger partial charge is 0.494 e. The second-order valence-corrected chi connectivity index (χ2v) is 8.25. The number of nitrogens with one attached hydrogen (secondary N) is 1. The molecule has 33 heavy (non-hydrogen) atoms. The number of hydrogen-bond acceptors (Lipinski definition) is 8. The van der Waals surface area contributed by atoms with E-state index in [1.165, 1.54) is 0 Å². The number of hydrogen-bond donors (Lipinski definition) is 5. The van der Waals surface area contributed by atoms with Gasteiger partial charge in [-0.15, -0.1) is 0 Å². The standard InChI is InChI=1S/C24H30N2O7/c1-3-31-15-7-4-14(5-8-15)6-9-16-20-17(26-25-16)10-13(2)11-18(20)32-24-23(30)22(29)21(28)19(12-27)33-24/h4-5,7-8,10-11,19,21-24,27-30H,3,6,9,12H2,1-2H3,(H,25,26)/t19-,21-,22+,23-,24-/m1/s1. The number of aliphatic hydroxyl groups excluding tert-OH is 4. The maximum absolute atomic E-state index is 10.4. The molecule has 1 aliphatic heterocycles. The van der Waals surface area contributed by atoms with Gasteiger partial charge in [-0.25, -0.2) is 0 Å². The summed E-state index contributed by atoms with van der Waals surface area (Å²) in [6.45, 7) is 3.94. The first-order chi connectivity index (χ1) is 15.9. The van der Waals surface area contributed by atoms with Gasteiger partial charge in [0.2, 0.25) is 6.29 Å². The molecule has 4 rings (SSSR count). The molecular weight excluding hydrogens is 428 g/mol. The minimum absolute atomic E-state index is 0.435. The van der Waals surface area contributed by atoms with Gasteiger partial charge in [0.15, 0.2) is 0 Å². The number of aromatic amines is 1. The first-order valence-corrected chi connectivity index (χ1v) is 11.1. The Bertz CT molecular complexity index is 1070. The molecule has 5 N–H and O–H groups in total. The Morgan fingerprint density at radius 2 is 1.79 bits per heavy atom. The van der Waals surface area contributed by atoms with E-state index < -0.39 is 37.3 Å². The van der Waals surface area contributed by atoms with Gasteiger partial charge in [-0.05, 0) is 62.1 Å². The molecule has 2 aromatic carbocycles. The van der Waals surface area contributed by atoms with Gasteiger partial charge in [-0.3, -0.25) is 5.10 Å². The van der Waals surface area contributed by atoms with Gasteiger partial charge >= 0.3 is 0 Å². The number of aromatic nitrogens is 2. The molecule has 1 aliphatic rings. The molecule has 9 heteroatoms. The summed E-state index contributed by atoms with van der Waals surface area (Å²) in [7, 11) is 0. The van der Waals surface area contributed by atoms with Gasteiger partial charge in [0, 0.05) is 5.69 Å². The molecule has 0 radical (unpaired) electrons. The maximum Gasteiger partial charge on any atom is 0.229 e. The molecule has 0 unspecified atom stereocenters. The Kier molecular flexibility index (Phi) is 7.16. The molecule has 2 heterocycles. The zero-order chi connectivity index (χ0) is 23.5. The molecule has 0 spiro atoms. The highest BCUT2D eigenvalue weighted by Crippen LogP contribution is 2.33.